The molecule has 0 saturated carbocycles. The van der Waals surface area contributed by atoms with Crippen LogP contribution in [0.15, 0.2) is 218 Å². The van der Waals surface area contributed by atoms with Gasteiger partial charge in [-0.2, -0.15) is 0 Å². The molecule has 10 heterocycles. The van der Waals surface area contributed by atoms with Gasteiger partial charge in [-0.1, -0.05) is 167 Å². The predicted molar refractivity (Wildman–Crippen MR) is 322 cm³/mol. The maximum atomic E-state index is 2.41. The Hall–Kier alpha value is -7.62. The molecule has 0 atom stereocenters. The fourth-order valence-electron chi connectivity index (χ4n) is 12.7. The number of anilines is 9. The lowest BCUT2D eigenvalue weighted by Crippen LogP contribution is -2.27. The SMILES string of the molecule is CCC1(CC)c2ccc(cc2)N(c2ccc(C)cc2)c2ccc(cc2)C(CC)(CC)c2ccc(cc2)N(c2ccc(C)cc2)c2ccc(cc2)C(CC)(CC)c2ccc(cc2)N(c2ccc(C)cc2)c2ccc1cc2. The van der Waals surface area contributed by atoms with Crippen LogP contribution >= 0.6 is 0 Å². The van der Waals surface area contributed by atoms with Crippen LogP contribution in [0.5, 0.6) is 0 Å². The molecule has 0 fully saturated rings. The van der Waals surface area contributed by atoms with Crippen LogP contribution in [0.25, 0.3) is 0 Å². The van der Waals surface area contributed by atoms with Crippen LogP contribution in [-0.2, 0) is 16.2 Å². The second-order valence-electron chi connectivity index (χ2n) is 21.2. The molecule has 12 bridgehead atoms. The molecule has 3 nitrogen and oxygen atoms in total. The van der Waals surface area contributed by atoms with Crippen LogP contribution in [-0.4, -0.2) is 0 Å². The molecule has 10 aliphatic rings. The van der Waals surface area contributed by atoms with Crippen molar-refractivity contribution in [3.05, 3.63) is 268 Å². The van der Waals surface area contributed by atoms with E-state index in [1.54, 1.807) is 0 Å². The van der Waals surface area contributed by atoms with Crippen LogP contribution in [0.2, 0.25) is 0 Å². The topological polar surface area (TPSA) is 9.72 Å². The molecule has 0 N–H and O–H groups in total. The average molecular weight is 982 g/mol. The van der Waals surface area contributed by atoms with E-state index in [0.29, 0.717) is 0 Å². The van der Waals surface area contributed by atoms with Crippen molar-refractivity contribution in [1.29, 1.82) is 0 Å². The molecule has 0 aromatic heterocycles. The van der Waals surface area contributed by atoms with Crippen LogP contribution in [0.4, 0.5) is 51.2 Å². The summed E-state index contributed by atoms with van der Waals surface area (Å²) in [5.41, 5.74) is 21.5. The molecule has 0 unspecified atom stereocenters. The van der Waals surface area contributed by atoms with Crippen molar-refractivity contribution in [2.24, 2.45) is 0 Å². The first-order valence-corrected chi connectivity index (χ1v) is 27.8. The van der Waals surface area contributed by atoms with E-state index in [4.69, 9.17) is 0 Å². The van der Waals surface area contributed by atoms with Crippen molar-refractivity contribution < 1.29 is 0 Å². The van der Waals surface area contributed by atoms with E-state index in [1.165, 1.54) is 50.1 Å². The second-order valence-corrected chi connectivity index (χ2v) is 21.2. The van der Waals surface area contributed by atoms with Gasteiger partial charge in [0.15, 0.2) is 0 Å². The lowest BCUT2D eigenvalue weighted by Gasteiger charge is -2.36. The second kappa shape index (κ2) is 21.3. The zero-order valence-corrected chi connectivity index (χ0v) is 45.9. The van der Waals surface area contributed by atoms with Crippen LogP contribution in [0, 0.1) is 20.8 Å². The smallest absolute Gasteiger partial charge is 0.0461 e. The molecular weight excluding hydrogens is 907 g/mol. The highest BCUT2D eigenvalue weighted by Crippen LogP contribution is 2.47. The van der Waals surface area contributed by atoms with Gasteiger partial charge in [0.25, 0.3) is 0 Å². The average Bonchev–Trinajstić information content (AvgIpc) is 3.46. The van der Waals surface area contributed by atoms with Crippen LogP contribution in [0.1, 0.15) is 130 Å². The molecule has 75 heavy (non-hydrogen) atoms. The number of rotatable bonds is 9. The van der Waals surface area contributed by atoms with E-state index in [-0.39, 0.29) is 16.2 Å². The first kappa shape index (κ1) is 50.9. The van der Waals surface area contributed by atoms with Crippen molar-refractivity contribution in [3.8, 4) is 0 Å². The summed E-state index contributed by atoms with van der Waals surface area (Å²) in [6.45, 7) is 20.6. The third-order valence-electron chi connectivity index (χ3n) is 17.6. The quantitative estimate of drug-likeness (QED) is 0.143. The lowest BCUT2D eigenvalue weighted by molar-refractivity contribution is 0.478. The summed E-state index contributed by atoms with van der Waals surface area (Å²) in [6, 6.07) is 83.5. The maximum absolute atomic E-state index is 2.41. The number of nitrogens with zero attached hydrogens (tertiary/aromatic N) is 3. The number of benzene rings is 9. The van der Waals surface area contributed by atoms with Gasteiger partial charge in [0, 0.05) is 67.4 Å². The van der Waals surface area contributed by atoms with Gasteiger partial charge in [0.05, 0.1) is 0 Å². The van der Waals surface area contributed by atoms with Crippen LogP contribution < -0.4 is 14.7 Å². The largest absolute Gasteiger partial charge is 0.311 e. The molecule has 0 aliphatic carbocycles. The summed E-state index contributed by atoms with van der Waals surface area (Å²) in [5.74, 6) is 0. The Labute approximate surface area is 449 Å². The van der Waals surface area contributed by atoms with E-state index < -0.39 is 0 Å². The molecule has 19 rings (SSSR count). The Kier molecular flexibility index (Phi) is 14.5. The van der Waals surface area contributed by atoms with Crippen LogP contribution in [0.3, 0.4) is 0 Å². The molecule has 9 aromatic rings. The standard InChI is InChI=1S/C72H75N3/c1-10-70(11-2)55-22-40-64(41-23-55)73(61-34-16-52(7)17-35-61)66-44-26-57(27-45-66)71(12-3,13-4)59-30-48-68(49-31-59)75(63-38-20-54(9)21-39-63)69-50-32-60(33-51-69)72(14-5,15-6)58-28-46-67(47-29-58)74(62-36-18-53(8)19-37-62)65-42-24-56(70)25-43-65/h16-51H,10-15H2,1-9H3. The molecule has 378 valence electrons. The van der Waals surface area contributed by atoms with Gasteiger partial charge >= 0.3 is 0 Å². The number of hydrogen-bond donors (Lipinski definition) is 0. The van der Waals surface area contributed by atoms with Crippen molar-refractivity contribution in [3.63, 3.8) is 0 Å². The molecule has 9 aromatic carbocycles. The Morgan fingerprint density at radius 1 is 0.200 bits per heavy atom. The summed E-state index contributed by atoms with van der Waals surface area (Å²) < 4.78 is 0. The Balaban J connectivity index is 1.15. The third-order valence-corrected chi connectivity index (χ3v) is 17.6. The third kappa shape index (κ3) is 9.26. The highest BCUT2D eigenvalue weighted by molar-refractivity contribution is 5.80. The lowest BCUT2D eigenvalue weighted by atomic mass is 9.70. The Morgan fingerprint density at radius 3 is 0.440 bits per heavy atom. The minimum atomic E-state index is -0.160. The molecule has 0 amide bonds. The van der Waals surface area contributed by atoms with Gasteiger partial charge in [0.1, 0.15) is 0 Å². The zero-order chi connectivity index (χ0) is 52.3. The van der Waals surface area contributed by atoms with Gasteiger partial charge in [0.2, 0.25) is 0 Å². The maximum Gasteiger partial charge on any atom is 0.0461 e. The van der Waals surface area contributed by atoms with Gasteiger partial charge < -0.3 is 14.7 Å². The summed E-state index contributed by atoms with van der Waals surface area (Å²) in [6.07, 6.45) is 5.91. The summed E-state index contributed by atoms with van der Waals surface area (Å²) >= 11 is 0. The van der Waals surface area contributed by atoms with Crippen molar-refractivity contribution in [2.45, 2.75) is 117 Å². The van der Waals surface area contributed by atoms with Gasteiger partial charge in [-0.25, -0.2) is 0 Å². The Bertz CT molecular complexity index is 2770. The monoisotopic (exact) mass is 982 g/mol. The predicted octanol–water partition coefficient (Wildman–Crippen LogP) is 20.7. The first-order chi connectivity index (χ1) is 36.5. The van der Waals surface area contributed by atoms with E-state index in [2.05, 4.69) is 295 Å². The zero-order valence-electron chi connectivity index (χ0n) is 45.9. The van der Waals surface area contributed by atoms with Crippen molar-refractivity contribution >= 4 is 51.2 Å². The molecule has 3 heteroatoms. The fourth-order valence-corrected chi connectivity index (χ4v) is 12.7. The van der Waals surface area contributed by atoms with Crippen molar-refractivity contribution in [1.82, 2.24) is 0 Å². The van der Waals surface area contributed by atoms with Gasteiger partial charge in [-0.05, 0) is 202 Å². The Morgan fingerprint density at radius 2 is 0.320 bits per heavy atom. The molecule has 0 radical (unpaired) electrons. The van der Waals surface area contributed by atoms with E-state index in [1.807, 2.05) is 0 Å². The highest BCUT2D eigenvalue weighted by atomic mass is 15.2. The van der Waals surface area contributed by atoms with Gasteiger partial charge in [-0.15, -0.1) is 0 Å². The molecule has 0 saturated heterocycles. The number of aryl methyl sites for hydroxylation is 3. The van der Waals surface area contributed by atoms with Crippen molar-refractivity contribution in [2.75, 3.05) is 14.7 Å². The normalized spacial score (nSPS) is 14.8. The molecular formula is C72H75N3. The molecule has 10 aliphatic heterocycles. The van der Waals surface area contributed by atoms with E-state index in [9.17, 15) is 0 Å². The van der Waals surface area contributed by atoms with E-state index >= 15 is 0 Å². The minimum Gasteiger partial charge on any atom is -0.311 e. The summed E-state index contributed by atoms with van der Waals surface area (Å²) in [7, 11) is 0. The summed E-state index contributed by atoms with van der Waals surface area (Å²) in [4.78, 5) is 7.24. The molecule has 0 spiro atoms. The fraction of sp³-hybridized carbons (Fsp3) is 0.250. The van der Waals surface area contributed by atoms with Gasteiger partial charge in [-0.3, -0.25) is 0 Å². The first-order valence-electron chi connectivity index (χ1n) is 27.8. The number of hydrogen-bond acceptors (Lipinski definition) is 3. The van der Waals surface area contributed by atoms with E-state index in [0.717, 1.165) is 89.7 Å². The highest BCUT2D eigenvalue weighted by Gasteiger charge is 2.34. The minimum absolute atomic E-state index is 0.160. The summed E-state index contributed by atoms with van der Waals surface area (Å²) in [5, 5.41) is 0.